The van der Waals surface area contributed by atoms with Crippen LogP contribution >= 0.6 is 0 Å². The summed E-state index contributed by atoms with van der Waals surface area (Å²) in [7, 11) is 3.43. The fourth-order valence-electron chi connectivity index (χ4n) is 1.16. The van der Waals surface area contributed by atoms with Gasteiger partial charge in [-0.2, -0.15) is 5.10 Å². The van der Waals surface area contributed by atoms with Crippen molar-refractivity contribution in [3.05, 3.63) is 17.0 Å². The van der Waals surface area contributed by atoms with Gasteiger partial charge in [0.1, 0.15) is 0 Å². The van der Waals surface area contributed by atoms with Crippen LogP contribution in [0.5, 0.6) is 0 Å². The maximum atomic E-state index is 11.2. The van der Waals surface area contributed by atoms with Crippen LogP contribution in [-0.4, -0.2) is 35.2 Å². The van der Waals surface area contributed by atoms with Gasteiger partial charge in [0.25, 0.3) is 0 Å². The highest BCUT2D eigenvalue weighted by Crippen LogP contribution is 2.08. The van der Waals surface area contributed by atoms with Crippen LogP contribution < -0.4 is 5.32 Å². The smallest absolute Gasteiger partial charge is 0.317 e. The van der Waals surface area contributed by atoms with Crippen molar-refractivity contribution < 1.29 is 4.79 Å². The molecule has 0 aliphatic carbocycles. The lowest BCUT2D eigenvalue weighted by Gasteiger charge is -2.11. The van der Waals surface area contributed by atoms with Crippen molar-refractivity contribution in [1.82, 2.24) is 20.4 Å². The quantitative estimate of drug-likeness (QED) is 0.735. The summed E-state index contributed by atoms with van der Waals surface area (Å²) in [5, 5.41) is 9.72. The molecule has 1 aromatic heterocycles. The third-order valence-electron chi connectivity index (χ3n) is 2.10. The first-order valence-electron chi connectivity index (χ1n) is 4.48. The highest BCUT2D eigenvalue weighted by molar-refractivity contribution is 5.73. The molecule has 5 nitrogen and oxygen atoms in total. The van der Waals surface area contributed by atoms with Crippen LogP contribution in [0.4, 0.5) is 4.79 Å². The van der Waals surface area contributed by atoms with Gasteiger partial charge in [0, 0.05) is 31.9 Å². The standard InChI is InChI=1S/C9H16N4O/c1-6-8(7(2)12-11-6)5-10-9(14)13(3)4/h5H2,1-4H3,(H,10,14)(H,11,12). The zero-order chi connectivity index (χ0) is 10.7. The average Bonchev–Trinajstić information content (AvgIpc) is 2.43. The highest BCUT2D eigenvalue weighted by atomic mass is 16.2. The lowest BCUT2D eigenvalue weighted by atomic mass is 10.2. The fourth-order valence-corrected chi connectivity index (χ4v) is 1.16. The molecule has 0 fully saturated rings. The van der Waals surface area contributed by atoms with E-state index in [1.165, 1.54) is 4.90 Å². The van der Waals surface area contributed by atoms with E-state index in [1.54, 1.807) is 14.1 Å². The maximum Gasteiger partial charge on any atom is 0.317 e. The number of rotatable bonds is 2. The molecule has 5 heteroatoms. The van der Waals surface area contributed by atoms with E-state index in [1.807, 2.05) is 13.8 Å². The number of urea groups is 1. The van der Waals surface area contributed by atoms with E-state index in [2.05, 4.69) is 15.5 Å². The molecule has 0 aromatic carbocycles. The molecule has 0 spiro atoms. The maximum absolute atomic E-state index is 11.2. The summed E-state index contributed by atoms with van der Waals surface area (Å²) in [6.07, 6.45) is 0. The molecule has 0 saturated heterocycles. The Hall–Kier alpha value is -1.52. The van der Waals surface area contributed by atoms with Gasteiger partial charge in [-0.1, -0.05) is 0 Å². The van der Waals surface area contributed by atoms with Crippen molar-refractivity contribution in [2.75, 3.05) is 14.1 Å². The number of nitrogens with one attached hydrogen (secondary N) is 2. The Labute approximate surface area is 83.5 Å². The van der Waals surface area contributed by atoms with Crippen molar-refractivity contribution in [2.45, 2.75) is 20.4 Å². The van der Waals surface area contributed by atoms with Crippen LogP contribution in [0.15, 0.2) is 0 Å². The van der Waals surface area contributed by atoms with E-state index < -0.39 is 0 Å². The predicted octanol–water partition coefficient (Wildman–Crippen LogP) is 0.798. The molecule has 0 unspecified atom stereocenters. The Morgan fingerprint density at radius 3 is 2.57 bits per heavy atom. The second-order valence-electron chi connectivity index (χ2n) is 3.47. The molecule has 1 aromatic rings. The monoisotopic (exact) mass is 196 g/mol. The SMILES string of the molecule is Cc1n[nH]c(C)c1CNC(=O)N(C)C. The summed E-state index contributed by atoms with van der Waals surface area (Å²) in [5.74, 6) is 0. The van der Waals surface area contributed by atoms with Crippen LogP contribution in [0.3, 0.4) is 0 Å². The van der Waals surface area contributed by atoms with Crippen molar-refractivity contribution in [3.8, 4) is 0 Å². The minimum absolute atomic E-state index is 0.0926. The van der Waals surface area contributed by atoms with Gasteiger partial charge >= 0.3 is 6.03 Å². The molecule has 1 heterocycles. The molecule has 0 atom stereocenters. The minimum atomic E-state index is -0.0926. The number of hydrogen-bond donors (Lipinski definition) is 2. The predicted molar refractivity (Wildman–Crippen MR) is 54.0 cm³/mol. The number of carbonyl (C=O) groups is 1. The summed E-state index contributed by atoms with van der Waals surface area (Å²) < 4.78 is 0. The van der Waals surface area contributed by atoms with E-state index in [-0.39, 0.29) is 6.03 Å². The molecule has 78 valence electrons. The third kappa shape index (κ3) is 2.25. The van der Waals surface area contributed by atoms with Crippen molar-refractivity contribution in [2.24, 2.45) is 0 Å². The molecular formula is C9H16N4O. The molecule has 0 bridgehead atoms. The van der Waals surface area contributed by atoms with E-state index in [0.717, 1.165) is 17.0 Å². The zero-order valence-electron chi connectivity index (χ0n) is 9.01. The molecule has 0 saturated carbocycles. The molecule has 14 heavy (non-hydrogen) atoms. The van der Waals surface area contributed by atoms with Crippen molar-refractivity contribution >= 4 is 6.03 Å². The Balaban J connectivity index is 2.58. The van der Waals surface area contributed by atoms with Crippen LogP contribution in [0.25, 0.3) is 0 Å². The van der Waals surface area contributed by atoms with Crippen LogP contribution in [-0.2, 0) is 6.54 Å². The van der Waals surface area contributed by atoms with E-state index >= 15 is 0 Å². The number of carbonyl (C=O) groups excluding carboxylic acids is 1. The first-order chi connectivity index (χ1) is 6.52. The molecule has 0 aliphatic rings. The van der Waals surface area contributed by atoms with E-state index in [4.69, 9.17) is 0 Å². The summed E-state index contributed by atoms with van der Waals surface area (Å²) in [5.41, 5.74) is 2.99. The average molecular weight is 196 g/mol. The number of hydrogen-bond acceptors (Lipinski definition) is 2. The largest absolute Gasteiger partial charge is 0.334 e. The van der Waals surface area contributed by atoms with Gasteiger partial charge in [0.2, 0.25) is 0 Å². The number of aromatic amines is 1. The topological polar surface area (TPSA) is 61.0 Å². The van der Waals surface area contributed by atoms with Gasteiger partial charge in [-0.3, -0.25) is 5.10 Å². The van der Waals surface area contributed by atoms with Gasteiger partial charge in [-0.25, -0.2) is 4.79 Å². The number of aryl methyl sites for hydroxylation is 2. The highest BCUT2D eigenvalue weighted by Gasteiger charge is 2.08. The molecule has 1 rings (SSSR count). The minimum Gasteiger partial charge on any atom is -0.334 e. The van der Waals surface area contributed by atoms with Crippen LogP contribution in [0, 0.1) is 13.8 Å². The molecule has 2 amide bonds. The number of H-pyrrole nitrogens is 1. The first-order valence-corrected chi connectivity index (χ1v) is 4.48. The second kappa shape index (κ2) is 4.13. The van der Waals surface area contributed by atoms with Gasteiger partial charge in [-0.15, -0.1) is 0 Å². The van der Waals surface area contributed by atoms with Gasteiger partial charge < -0.3 is 10.2 Å². The Morgan fingerprint density at radius 1 is 1.50 bits per heavy atom. The normalized spacial score (nSPS) is 10.0. The second-order valence-corrected chi connectivity index (χ2v) is 3.47. The Kier molecular flexibility index (Phi) is 3.11. The van der Waals surface area contributed by atoms with E-state index in [9.17, 15) is 4.79 Å². The summed E-state index contributed by atoms with van der Waals surface area (Å²) in [6, 6.07) is -0.0926. The fraction of sp³-hybridized carbons (Fsp3) is 0.556. The van der Waals surface area contributed by atoms with Crippen LogP contribution in [0.1, 0.15) is 17.0 Å². The number of nitrogens with zero attached hydrogens (tertiary/aromatic N) is 2. The Bertz CT molecular complexity index is 310. The van der Waals surface area contributed by atoms with Gasteiger partial charge in [0.05, 0.1) is 5.69 Å². The lowest BCUT2D eigenvalue weighted by Crippen LogP contribution is -2.34. The summed E-state index contributed by atoms with van der Waals surface area (Å²) in [6.45, 7) is 4.38. The third-order valence-corrected chi connectivity index (χ3v) is 2.10. The zero-order valence-corrected chi connectivity index (χ0v) is 9.01. The lowest BCUT2D eigenvalue weighted by molar-refractivity contribution is 0.217. The van der Waals surface area contributed by atoms with E-state index in [0.29, 0.717) is 6.54 Å². The number of aromatic nitrogens is 2. The van der Waals surface area contributed by atoms with Crippen molar-refractivity contribution in [1.29, 1.82) is 0 Å². The number of amides is 2. The molecule has 0 aliphatic heterocycles. The molecule has 2 N–H and O–H groups in total. The Morgan fingerprint density at radius 2 is 2.14 bits per heavy atom. The molecule has 0 radical (unpaired) electrons. The van der Waals surface area contributed by atoms with Gasteiger partial charge in [0.15, 0.2) is 0 Å². The first kappa shape index (κ1) is 10.6. The van der Waals surface area contributed by atoms with Gasteiger partial charge in [-0.05, 0) is 13.8 Å². The van der Waals surface area contributed by atoms with Crippen molar-refractivity contribution in [3.63, 3.8) is 0 Å². The summed E-state index contributed by atoms with van der Waals surface area (Å²) in [4.78, 5) is 12.7. The molecular weight excluding hydrogens is 180 g/mol. The van der Waals surface area contributed by atoms with Crippen LogP contribution in [0.2, 0.25) is 0 Å². The summed E-state index contributed by atoms with van der Waals surface area (Å²) >= 11 is 0.